The monoisotopic (exact) mass is 419 g/mol. The molecule has 0 spiro atoms. The fourth-order valence-electron chi connectivity index (χ4n) is 3.17. The van der Waals surface area contributed by atoms with Crippen LogP contribution in [-0.4, -0.2) is 28.9 Å². The lowest BCUT2D eigenvalue weighted by Crippen LogP contribution is -2.49. The molecule has 0 amide bonds. The Morgan fingerprint density at radius 2 is 1.57 bits per heavy atom. The highest BCUT2D eigenvalue weighted by Gasteiger charge is 2.45. The Hall–Kier alpha value is -2.24. The lowest BCUT2D eigenvalue weighted by molar-refractivity contribution is -0.136. The van der Waals surface area contributed by atoms with Crippen molar-refractivity contribution in [3.8, 4) is 0 Å². The first-order valence-corrected chi connectivity index (χ1v) is 9.83. The van der Waals surface area contributed by atoms with E-state index in [0.29, 0.717) is 10.0 Å². The highest BCUT2D eigenvalue weighted by Crippen LogP contribution is 2.40. The lowest BCUT2D eigenvalue weighted by Gasteiger charge is -2.40. The molecule has 2 aromatic rings. The van der Waals surface area contributed by atoms with Crippen molar-refractivity contribution >= 4 is 40.7 Å². The largest absolute Gasteiger partial charge is 0.460 e. The normalized spacial score (nSPS) is 16.9. The summed E-state index contributed by atoms with van der Waals surface area (Å²) >= 11 is 12.1. The van der Waals surface area contributed by atoms with Crippen LogP contribution in [0.2, 0.25) is 10.0 Å². The van der Waals surface area contributed by atoms with Crippen LogP contribution < -0.4 is 5.01 Å². The van der Waals surface area contributed by atoms with Gasteiger partial charge >= 0.3 is 5.97 Å². The van der Waals surface area contributed by atoms with Crippen LogP contribution in [0.3, 0.4) is 0 Å². The summed E-state index contributed by atoms with van der Waals surface area (Å²) in [5.74, 6) is -0.183. The minimum atomic E-state index is -0.451. The van der Waals surface area contributed by atoms with Crippen molar-refractivity contribution in [3.63, 3.8) is 0 Å². The van der Waals surface area contributed by atoms with Gasteiger partial charge in [-0.1, -0.05) is 35.3 Å². The Bertz CT molecular complexity index is 874. The number of esters is 1. The maximum absolute atomic E-state index is 12.7. The highest BCUT2D eigenvalue weighted by atomic mass is 35.5. The second-order valence-corrected chi connectivity index (χ2v) is 8.30. The third-order valence-electron chi connectivity index (χ3n) is 4.35. The van der Waals surface area contributed by atoms with Gasteiger partial charge in [0.2, 0.25) is 5.84 Å². The van der Waals surface area contributed by atoms with Crippen molar-refractivity contribution in [1.29, 1.82) is 0 Å². The van der Waals surface area contributed by atoms with Gasteiger partial charge in [0.1, 0.15) is 0 Å². The summed E-state index contributed by atoms with van der Waals surface area (Å²) in [7, 11) is 0. The van der Waals surface area contributed by atoms with Crippen LogP contribution in [0.25, 0.3) is 0 Å². The third-order valence-corrected chi connectivity index (χ3v) is 4.85. The van der Waals surface area contributed by atoms with Crippen molar-refractivity contribution in [2.45, 2.75) is 39.4 Å². The molecule has 1 aliphatic rings. The number of hydrogen-bond acceptors (Lipinski definition) is 5. The molecule has 7 heteroatoms. The van der Waals surface area contributed by atoms with Crippen molar-refractivity contribution in [2.24, 2.45) is 5.10 Å². The van der Waals surface area contributed by atoms with Gasteiger partial charge in [0.25, 0.3) is 0 Å². The molecule has 0 N–H and O–H groups in total. The van der Waals surface area contributed by atoms with Crippen LogP contribution in [0, 0.1) is 0 Å². The van der Waals surface area contributed by atoms with Gasteiger partial charge in [-0.3, -0.25) is 0 Å². The molecule has 0 aromatic heterocycles. The van der Waals surface area contributed by atoms with E-state index < -0.39 is 11.5 Å². The number of carbonyl (C=O) groups is 1. The molecule has 0 bridgehead atoms. The fourth-order valence-corrected chi connectivity index (χ4v) is 3.42. The number of hydrogen-bond donors (Lipinski definition) is 0. The van der Waals surface area contributed by atoms with E-state index in [1.54, 1.807) is 19.1 Å². The Balaban J connectivity index is 2.15. The highest BCUT2D eigenvalue weighted by molar-refractivity contribution is 6.36. The zero-order valence-electron chi connectivity index (χ0n) is 16.3. The summed E-state index contributed by atoms with van der Waals surface area (Å²) in [6.45, 7) is 8.17. The number of amidine groups is 1. The molecule has 0 aliphatic carbocycles. The van der Waals surface area contributed by atoms with Gasteiger partial charge < -0.3 is 9.64 Å². The number of nitrogens with zero attached hydrogens (tertiary/aromatic N) is 3. The zero-order valence-corrected chi connectivity index (χ0v) is 17.8. The van der Waals surface area contributed by atoms with Crippen LogP contribution in [0.4, 0.5) is 5.69 Å². The molecule has 0 fully saturated rings. The van der Waals surface area contributed by atoms with Gasteiger partial charge in [-0.25, -0.2) is 9.80 Å². The summed E-state index contributed by atoms with van der Waals surface area (Å²) in [6.07, 6.45) is -0.335. The molecular weight excluding hydrogens is 397 g/mol. The van der Waals surface area contributed by atoms with E-state index in [9.17, 15) is 4.79 Å². The predicted octanol–water partition coefficient (Wildman–Crippen LogP) is 5.49. The topological polar surface area (TPSA) is 45.1 Å². The quantitative estimate of drug-likeness (QED) is 0.614. The number of benzene rings is 2. The van der Waals surface area contributed by atoms with E-state index in [4.69, 9.17) is 27.9 Å². The number of ether oxygens (including phenoxy) is 1. The first-order chi connectivity index (χ1) is 13.2. The SMILES string of the molecule is CCOC(=O)C1=NN(c2ccc(Cl)cc2)[C@H](c2ccc(Cl)cc2)N1C(C)(C)C. The van der Waals surface area contributed by atoms with Crippen molar-refractivity contribution in [3.05, 3.63) is 64.1 Å². The van der Waals surface area contributed by atoms with Crippen molar-refractivity contribution in [1.82, 2.24) is 4.90 Å². The molecule has 3 rings (SSSR count). The molecule has 2 aromatic carbocycles. The van der Waals surface area contributed by atoms with Gasteiger partial charge in [-0.05, 0) is 69.7 Å². The molecule has 5 nitrogen and oxygen atoms in total. The van der Waals surface area contributed by atoms with Gasteiger partial charge in [0.05, 0.1) is 12.3 Å². The predicted molar refractivity (Wildman–Crippen MR) is 114 cm³/mol. The van der Waals surface area contributed by atoms with E-state index in [1.165, 1.54) is 0 Å². The molecule has 0 saturated carbocycles. The van der Waals surface area contributed by atoms with E-state index in [0.717, 1.165) is 11.3 Å². The summed E-state index contributed by atoms with van der Waals surface area (Å²) in [5, 5.41) is 7.76. The summed E-state index contributed by atoms with van der Waals surface area (Å²) in [4.78, 5) is 14.7. The first kappa shape index (κ1) is 20.5. The van der Waals surface area contributed by atoms with Gasteiger partial charge in [0.15, 0.2) is 6.17 Å². The Morgan fingerprint density at radius 3 is 2.07 bits per heavy atom. The van der Waals surface area contributed by atoms with Crippen LogP contribution in [0.5, 0.6) is 0 Å². The average Bonchev–Trinajstić information content (AvgIpc) is 3.04. The molecule has 0 radical (unpaired) electrons. The van der Waals surface area contributed by atoms with Crippen molar-refractivity contribution in [2.75, 3.05) is 11.6 Å². The number of hydrazone groups is 1. The molecule has 1 atom stereocenters. The smallest absolute Gasteiger partial charge is 0.376 e. The van der Waals surface area contributed by atoms with E-state index >= 15 is 0 Å². The Kier molecular flexibility index (Phi) is 5.87. The maximum atomic E-state index is 12.7. The van der Waals surface area contributed by atoms with E-state index in [1.807, 2.05) is 67.1 Å². The second kappa shape index (κ2) is 8.02. The van der Waals surface area contributed by atoms with Crippen molar-refractivity contribution < 1.29 is 9.53 Å². The fraction of sp³-hybridized carbons (Fsp3) is 0.333. The third kappa shape index (κ3) is 4.10. The molecule has 0 unspecified atom stereocenters. The molecule has 28 heavy (non-hydrogen) atoms. The van der Waals surface area contributed by atoms with Crippen LogP contribution in [0.1, 0.15) is 39.4 Å². The Morgan fingerprint density at radius 1 is 1.04 bits per heavy atom. The van der Waals surface area contributed by atoms with E-state index in [2.05, 4.69) is 5.10 Å². The number of anilines is 1. The molecular formula is C21H23Cl2N3O2. The summed E-state index contributed by atoms with van der Waals surface area (Å²) in [5.41, 5.74) is 1.38. The Labute approximate surface area is 175 Å². The van der Waals surface area contributed by atoms with Crippen LogP contribution >= 0.6 is 23.2 Å². The van der Waals surface area contributed by atoms with Crippen LogP contribution in [-0.2, 0) is 9.53 Å². The summed E-state index contributed by atoms with van der Waals surface area (Å²) < 4.78 is 5.28. The lowest BCUT2D eigenvalue weighted by atomic mass is 10.0. The number of rotatable bonds is 4. The number of halogens is 2. The van der Waals surface area contributed by atoms with Gasteiger partial charge in [0, 0.05) is 15.6 Å². The molecule has 1 heterocycles. The van der Waals surface area contributed by atoms with Crippen LogP contribution in [0.15, 0.2) is 53.6 Å². The second-order valence-electron chi connectivity index (χ2n) is 7.43. The standard InChI is InChI=1S/C21H23Cl2N3O2/c1-5-28-20(27)18-24-26(17-12-10-16(23)11-13-17)19(25(18)21(2,3)4)14-6-8-15(22)9-7-14/h6-13,19H,5H2,1-4H3/t19-/m1/s1. The number of carbonyl (C=O) groups excluding carboxylic acids is 1. The molecule has 1 aliphatic heterocycles. The minimum absolute atomic E-state index is 0.268. The zero-order chi connectivity index (χ0) is 20.5. The molecule has 148 valence electrons. The molecule has 0 saturated heterocycles. The van der Waals surface area contributed by atoms with Gasteiger partial charge in [-0.15, -0.1) is 5.10 Å². The first-order valence-electron chi connectivity index (χ1n) is 9.07. The average molecular weight is 420 g/mol. The summed E-state index contributed by atoms with van der Waals surface area (Å²) in [6, 6.07) is 14.9. The maximum Gasteiger partial charge on any atom is 0.376 e. The van der Waals surface area contributed by atoms with Gasteiger partial charge in [-0.2, -0.15) is 0 Å². The minimum Gasteiger partial charge on any atom is -0.460 e. The van der Waals surface area contributed by atoms with E-state index in [-0.39, 0.29) is 18.6 Å².